The molecule has 4 nitrogen and oxygen atoms in total. The van der Waals surface area contributed by atoms with Crippen LogP contribution in [0.3, 0.4) is 0 Å². The SMILES string of the molecule is CNCc1ccc(F)cc1S(=O)(=O)Nc1cccc(I)c1. The number of hydrogen-bond acceptors (Lipinski definition) is 3. The van der Waals surface area contributed by atoms with Gasteiger partial charge in [0.25, 0.3) is 10.0 Å². The molecule has 0 amide bonds. The molecule has 0 aliphatic heterocycles. The number of anilines is 1. The van der Waals surface area contributed by atoms with Crippen LogP contribution in [0.2, 0.25) is 0 Å². The van der Waals surface area contributed by atoms with Crippen molar-refractivity contribution in [2.75, 3.05) is 11.8 Å². The van der Waals surface area contributed by atoms with E-state index in [0.717, 1.165) is 9.64 Å². The Morgan fingerprint density at radius 1 is 1.19 bits per heavy atom. The van der Waals surface area contributed by atoms with Crippen LogP contribution >= 0.6 is 22.6 Å². The van der Waals surface area contributed by atoms with Crippen LogP contribution in [0.1, 0.15) is 5.56 Å². The van der Waals surface area contributed by atoms with E-state index < -0.39 is 15.8 Å². The third-order valence-electron chi connectivity index (χ3n) is 2.76. The van der Waals surface area contributed by atoms with Gasteiger partial charge in [-0.15, -0.1) is 0 Å². The molecule has 21 heavy (non-hydrogen) atoms. The summed E-state index contributed by atoms with van der Waals surface area (Å²) >= 11 is 2.09. The molecule has 0 heterocycles. The molecule has 0 unspecified atom stereocenters. The van der Waals surface area contributed by atoms with Crippen molar-refractivity contribution in [2.45, 2.75) is 11.4 Å². The van der Waals surface area contributed by atoms with Gasteiger partial charge in [0.15, 0.2) is 0 Å². The van der Waals surface area contributed by atoms with Gasteiger partial charge in [-0.25, -0.2) is 12.8 Å². The minimum absolute atomic E-state index is 0.0595. The van der Waals surface area contributed by atoms with Crippen LogP contribution in [0, 0.1) is 9.39 Å². The Kier molecular flexibility index (Phi) is 5.17. The van der Waals surface area contributed by atoms with Crippen LogP contribution in [0.4, 0.5) is 10.1 Å². The molecule has 0 bridgehead atoms. The first kappa shape index (κ1) is 16.2. The maximum Gasteiger partial charge on any atom is 0.262 e. The molecule has 2 N–H and O–H groups in total. The molecule has 0 aliphatic rings. The molecule has 0 fully saturated rings. The van der Waals surface area contributed by atoms with Crippen molar-refractivity contribution in [1.29, 1.82) is 0 Å². The number of nitrogens with one attached hydrogen (secondary N) is 2. The van der Waals surface area contributed by atoms with E-state index in [4.69, 9.17) is 0 Å². The fraction of sp³-hybridized carbons (Fsp3) is 0.143. The Morgan fingerprint density at radius 2 is 1.95 bits per heavy atom. The molecular weight excluding hydrogens is 406 g/mol. The number of benzene rings is 2. The average molecular weight is 420 g/mol. The van der Waals surface area contributed by atoms with Crippen molar-refractivity contribution in [3.63, 3.8) is 0 Å². The number of halogens is 2. The largest absolute Gasteiger partial charge is 0.316 e. The first-order valence-corrected chi connectivity index (χ1v) is 8.70. The molecule has 112 valence electrons. The lowest BCUT2D eigenvalue weighted by Gasteiger charge is -2.12. The van der Waals surface area contributed by atoms with E-state index in [2.05, 4.69) is 32.6 Å². The highest BCUT2D eigenvalue weighted by Crippen LogP contribution is 2.22. The van der Waals surface area contributed by atoms with Gasteiger partial charge in [-0.1, -0.05) is 12.1 Å². The van der Waals surface area contributed by atoms with Gasteiger partial charge in [0, 0.05) is 15.8 Å². The lowest BCUT2D eigenvalue weighted by atomic mass is 10.2. The van der Waals surface area contributed by atoms with E-state index in [9.17, 15) is 12.8 Å². The van der Waals surface area contributed by atoms with Gasteiger partial charge in [0.1, 0.15) is 5.82 Å². The third-order valence-corrected chi connectivity index (χ3v) is 4.90. The molecule has 2 aromatic rings. The predicted molar refractivity (Wildman–Crippen MR) is 89.1 cm³/mol. The van der Waals surface area contributed by atoms with Gasteiger partial charge in [-0.05, 0) is 65.5 Å². The summed E-state index contributed by atoms with van der Waals surface area (Å²) in [4.78, 5) is -0.0595. The number of rotatable bonds is 5. The van der Waals surface area contributed by atoms with Crippen molar-refractivity contribution in [3.8, 4) is 0 Å². The Bertz CT molecular complexity index is 750. The maximum absolute atomic E-state index is 13.4. The monoisotopic (exact) mass is 420 g/mol. The van der Waals surface area contributed by atoms with Crippen molar-refractivity contribution < 1.29 is 12.8 Å². The molecule has 0 aromatic heterocycles. The quantitative estimate of drug-likeness (QED) is 0.732. The van der Waals surface area contributed by atoms with Crippen LogP contribution in [0.25, 0.3) is 0 Å². The molecular formula is C14H14FIN2O2S. The van der Waals surface area contributed by atoms with Crippen LogP contribution in [-0.4, -0.2) is 15.5 Å². The fourth-order valence-corrected chi connectivity index (χ4v) is 3.72. The standard InChI is InChI=1S/C14H14FIN2O2S/c1-17-9-10-5-6-11(15)7-14(10)21(19,20)18-13-4-2-3-12(16)8-13/h2-8,17-18H,9H2,1H3. The second-order valence-electron chi connectivity index (χ2n) is 4.40. The van der Waals surface area contributed by atoms with E-state index >= 15 is 0 Å². The summed E-state index contributed by atoms with van der Waals surface area (Å²) < 4.78 is 41.7. The van der Waals surface area contributed by atoms with Crippen molar-refractivity contribution >= 4 is 38.3 Å². The molecule has 2 rings (SSSR count). The summed E-state index contributed by atoms with van der Waals surface area (Å²) in [5.41, 5.74) is 0.957. The highest BCUT2D eigenvalue weighted by atomic mass is 127. The normalized spacial score (nSPS) is 11.4. The first-order chi connectivity index (χ1) is 9.92. The van der Waals surface area contributed by atoms with Crippen LogP contribution in [-0.2, 0) is 16.6 Å². The summed E-state index contributed by atoms with van der Waals surface area (Å²) in [5.74, 6) is -0.585. The minimum atomic E-state index is -3.84. The predicted octanol–water partition coefficient (Wildman–Crippen LogP) is 2.95. The highest BCUT2D eigenvalue weighted by molar-refractivity contribution is 14.1. The summed E-state index contributed by atoms with van der Waals surface area (Å²) in [6.07, 6.45) is 0. The van der Waals surface area contributed by atoms with Gasteiger partial charge in [-0.2, -0.15) is 0 Å². The third kappa shape index (κ3) is 4.14. The molecule has 0 radical (unpaired) electrons. The zero-order chi connectivity index (χ0) is 15.5. The summed E-state index contributed by atoms with van der Waals surface area (Å²) in [5, 5.41) is 2.87. The van der Waals surface area contributed by atoms with Gasteiger partial charge in [0.05, 0.1) is 4.90 Å². The average Bonchev–Trinajstić information content (AvgIpc) is 2.40. The lowest BCUT2D eigenvalue weighted by Crippen LogP contribution is -2.17. The summed E-state index contributed by atoms with van der Waals surface area (Å²) in [7, 11) is -2.14. The van der Waals surface area contributed by atoms with Gasteiger partial charge in [-0.3, -0.25) is 4.72 Å². The highest BCUT2D eigenvalue weighted by Gasteiger charge is 2.19. The van der Waals surface area contributed by atoms with Crippen molar-refractivity contribution in [2.24, 2.45) is 0 Å². The molecule has 0 aliphatic carbocycles. The zero-order valence-electron chi connectivity index (χ0n) is 11.2. The Balaban J connectivity index is 2.41. The van der Waals surface area contributed by atoms with E-state index in [1.807, 2.05) is 6.07 Å². The maximum atomic E-state index is 13.4. The van der Waals surface area contributed by atoms with Crippen molar-refractivity contribution in [3.05, 3.63) is 57.4 Å². The van der Waals surface area contributed by atoms with E-state index in [-0.39, 0.29) is 4.90 Å². The van der Waals surface area contributed by atoms with Crippen LogP contribution < -0.4 is 10.0 Å². The molecule has 0 saturated carbocycles. The van der Waals surface area contributed by atoms with Crippen LogP contribution in [0.15, 0.2) is 47.4 Å². The first-order valence-electron chi connectivity index (χ1n) is 6.14. The van der Waals surface area contributed by atoms with E-state index in [1.165, 1.54) is 12.1 Å². The molecule has 0 atom stereocenters. The summed E-state index contributed by atoms with van der Waals surface area (Å²) in [6.45, 7) is 0.336. The van der Waals surface area contributed by atoms with Gasteiger partial charge < -0.3 is 5.32 Å². The topological polar surface area (TPSA) is 58.2 Å². The van der Waals surface area contributed by atoms with Crippen molar-refractivity contribution in [1.82, 2.24) is 5.32 Å². The second-order valence-corrected chi connectivity index (χ2v) is 7.29. The Labute approximate surface area is 137 Å². The Morgan fingerprint density at radius 3 is 2.62 bits per heavy atom. The molecule has 2 aromatic carbocycles. The van der Waals surface area contributed by atoms with E-state index in [1.54, 1.807) is 25.2 Å². The smallest absolute Gasteiger partial charge is 0.262 e. The second kappa shape index (κ2) is 6.71. The van der Waals surface area contributed by atoms with Gasteiger partial charge >= 0.3 is 0 Å². The number of sulfonamides is 1. The fourth-order valence-electron chi connectivity index (χ4n) is 1.88. The lowest BCUT2D eigenvalue weighted by molar-refractivity contribution is 0.592. The van der Waals surface area contributed by atoms with Crippen LogP contribution in [0.5, 0.6) is 0 Å². The molecule has 7 heteroatoms. The number of hydrogen-bond donors (Lipinski definition) is 2. The zero-order valence-corrected chi connectivity index (χ0v) is 14.2. The summed E-state index contributed by atoms with van der Waals surface area (Å²) in [6, 6.07) is 10.7. The Hall–Kier alpha value is -1.19. The van der Waals surface area contributed by atoms with E-state index in [0.29, 0.717) is 17.8 Å². The minimum Gasteiger partial charge on any atom is -0.316 e. The molecule has 0 spiro atoms. The van der Waals surface area contributed by atoms with Gasteiger partial charge in [0.2, 0.25) is 0 Å². The molecule has 0 saturated heterocycles.